The Morgan fingerprint density at radius 1 is 1.50 bits per heavy atom. The molecule has 0 bridgehead atoms. The molecule has 0 amide bonds. The van der Waals surface area contributed by atoms with E-state index < -0.39 is 11.9 Å². The van der Waals surface area contributed by atoms with Gasteiger partial charge in [0.2, 0.25) is 0 Å². The van der Waals surface area contributed by atoms with Crippen molar-refractivity contribution in [3.05, 3.63) is 27.5 Å². The number of carbonyl (C=O) groups is 2. The molecule has 0 fully saturated rings. The number of thiophene rings is 1. The SMILES string of the molecule is CCOC(=O)c1c(C(=O)O)csc1C1=CCCC1. The Labute approximate surface area is 109 Å². The summed E-state index contributed by atoms with van der Waals surface area (Å²) in [6.45, 7) is 1.95. The lowest BCUT2D eigenvalue weighted by Gasteiger charge is -2.05. The first-order chi connectivity index (χ1) is 8.65. The van der Waals surface area contributed by atoms with Crippen LogP contribution in [0.15, 0.2) is 11.5 Å². The molecule has 1 heterocycles. The van der Waals surface area contributed by atoms with Gasteiger partial charge in [-0.15, -0.1) is 11.3 Å². The van der Waals surface area contributed by atoms with Crippen LogP contribution < -0.4 is 0 Å². The van der Waals surface area contributed by atoms with Crippen molar-refractivity contribution in [2.24, 2.45) is 0 Å². The second kappa shape index (κ2) is 5.35. The molecule has 0 unspecified atom stereocenters. The van der Waals surface area contributed by atoms with Gasteiger partial charge in [0.05, 0.1) is 17.7 Å². The van der Waals surface area contributed by atoms with E-state index in [0.29, 0.717) is 0 Å². The largest absolute Gasteiger partial charge is 0.478 e. The number of hydrogen-bond acceptors (Lipinski definition) is 4. The van der Waals surface area contributed by atoms with Gasteiger partial charge in [-0.1, -0.05) is 6.08 Å². The van der Waals surface area contributed by atoms with Crippen molar-refractivity contribution in [1.82, 2.24) is 0 Å². The Bertz CT molecular complexity index is 513. The highest BCUT2D eigenvalue weighted by Crippen LogP contribution is 2.36. The number of carboxylic acids is 1. The summed E-state index contributed by atoms with van der Waals surface area (Å²) in [5.74, 6) is -1.63. The molecule has 18 heavy (non-hydrogen) atoms. The third kappa shape index (κ3) is 2.31. The Hall–Kier alpha value is -1.62. The van der Waals surface area contributed by atoms with Crippen LogP contribution in [0, 0.1) is 0 Å². The first-order valence-electron chi connectivity index (χ1n) is 5.86. The molecule has 0 spiro atoms. The number of allylic oxidation sites excluding steroid dienone is 2. The topological polar surface area (TPSA) is 63.6 Å². The lowest BCUT2D eigenvalue weighted by molar-refractivity contribution is 0.0515. The summed E-state index contributed by atoms with van der Waals surface area (Å²) in [5, 5.41) is 10.6. The molecule has 0 saturated heterocycles. The third-order valence-corrected chi connectivity index (χ3v) is 3.89. The number of rotatable bonds is 4. The number of hydrogen-bond donors (Lipinski definition) is 1. The van der Waals surface area contributed by atoms with Crippen LogP contribution in [0.2, 0.25) is 0 Å². The Morgan fingerprint density at radius 2 is 2.28 bits per heavy atom. The van der Waals surface area contributed by atoms with E-state index in [1.807, 2.05) is 0 Å². The number of aromatic carboxylic acids is 1. The molecule has 2 rings (SSSR count). The molecule has 0 aromatic carbocycles. The van der Waals surface area contributed by atoms with Crippen LogP contribution in [0.5, 0.6) is 0 Å². The van der Waals surface area contributed by atoms with Crippen molar-refractivity contribution in [1.29, 1.82) is 0 Å². The third-order valence-electron chi connectivity index (χ3n) is 2.83. The average molecular weight is 266 g/mol. The summed E-state index contributed by atoms with van der Waals surface area (Å²) in [5.41, 5.74) is 1.32. The molecule has 1 aromatic rings. The lowest BCUT2D eigenvalue weighted by Crippen LogP contribution is -2.11. The van der Waals surface area contributed by atoms with E-state index in [2.05, 4.69) is 6.08 Å². The lowest BCUT2D eigenvalue weighted by atomic mass is 10.1. The summed E-state index contributed by atoms with van der Waals surface area (Å²) in [6.07, 6.45) is 5.00. The number of carboxylic acid groups (broad SMARTS) is 1. The van der Waals surface area contributed by atoms with E-state index in [1.54, 1.807) is 6.92 Å². The highest BCUT2D eigenvalue weighted by atomic mass is 32.1. The number of carbonyl (C=O) groups excluding carboxylic acids is 1. The highest BCUT2D eigenvalue weighted by Gasteiger charge is 2.26. The molecule has 1 N–H and O–H groups in total. The van der Waals surface area contributed by atoms with Gasteiger partial charge in [0.1, 0.15) is 0 Å². The quantitative estimate of drug-likeness (QED) is 0.850. The van der Waals surface area contributed by atoms with Gasteiger partial charge in [-0.3, -0.25) is 0 Å². The summed E-state index contributed by atoms with van der Waals surface area (Å²) < 4.78 is 4.95. The fourth-order valence-electron chi connectivity index (χ4n) is 2.03. The zero-order valence-electron chi connectivity index (χ0n) is 10.1. The van der Waals surface area contributed by atoms with Gasteiger partial charge in [0.15, 0.2) is 0 Å². The zero-order chi connectivity index (χ0) is 13.1. The van der Waals surface area contributed by atoms with Gasteiger partial charge in [-0.05, 0) is 31.8 Å². The molecule has 4 nitrogen and oxygen atoms in total. The molecular formula is C13H14O4S. The van der Waals surface area contributed by atoms with Crippen LogP contribution in [0.3, 0.4) is 0 Å². The summed E-state index contributed by atoms with van der Waals surface area (Å²) in [6, 6.07) is 0. The average Bonchev–Trinajstić information content (AvgIpc) is 2.97. The molecule has 0 radical (unpaired) electrons. The van der Waals surface area contributed by atoms with E-state index in [1.165, 1.54) is 16.7 Å². The molecular weight excluding hydrogens is 252 g/mol. The van der Waals surface area contributed by atoms with Crippen LogP contribution in [0.1, 0.15) is 51.8 Å². The minimum Gasteiger partial charge on any atom is -0.478 e. The second-order valence-corrected chi connectivity index (χ2v) is 4.88. The summed E-state index contributed by atoms with van der Waals surface area (Å²) in [7, 11) is 0. The molecule has 0 aliphatic heterocycles. The van der Waals surface area contributed by atoms with Crippen LogP contribution >= 0.6 is 11.3 Å². The minimum absolute atomic E-state index is 0.0428. The fourth-order valence-corrected chi connectivity index (χ4v) is 3.14. The monoisotopic (exact) mass is 266 g/mol. The van der Waals surface area contributed by atoms with Crippen molar-refractivity contribution in [3.8, 4) is 0 Å². The molecule has 0 saturated carbocycles. The first kappa shape index (κ1) is 12.8. The van der Waals surface area contributed by atoms with Crippen molar-refractivity contribution in [3.63, 3.8) is 0 Å². The van der Waals surface area contributed by atoms with E-state index in [4.69, 9.17) is 9.84 Å². The van der Waals surface area contributed by atoms with Crippen LogP contribution in [0.4, 0.5) is 0 Å². The molecule has 5 heteroatoms. The van der Waals surface area contributed by atoms with E-state index in [-0.39, 0.29) is 17.7 Å². The summed E-state index contributed by atoms with van der Waals surface area (Å²) >= 11 is 1.31. The Balaban J connectivity index is 2.46. The second-order valence-electron chi connectivity index (χ2n) is 4.00. The minimum atomic E-state index is -1.08. The molecule has 0 atom stereocenters. The maximum absolute atomic E-state index is 11.9. The van der Waals surface area contributed by atoms with Crippen LogP contribution in [-0.4, -0.2) is 23.7 Å². The maximum Gasteiger partial charge on any atom is 0.340 e. The van der Waals surface area contributed by atoms with E-state index >= 15 is 0 Å². The van der Waals surface area contributed by atoms with Crippen molar-refractivity contribution >= 4 is 28.8 Å². The molecule has 1 aliphatic rings. The highest BCUT2D eigenvalue weighted by molar-refractivity contribution is 7.11. The van der Waals surface area contributed by atoms with E-state index in [0.717, 1.165) is 29.7 Å². The number of ether oxygens (including phenoxy) is 1. The van der Waals surface area contributed by atoms with Gasteiger partial charge in [-0.25, -0.2) is 9.59 Å². The standard InChI is InChI=1S/C13H14O4S/c1-2-17-13(16)10-9(12(14)15)7-18-11(10)8-5-3-4-6-8/h5,7H,2-4,6H2,1H3,(H,14,15). The van der Waals surface area contributed by atoms with Gasteiger partial charge in [0.25, 0.3) is 0 Å². The fraction of sp³-hybridized carbons (Fsp3) is 0.385. The van der Waals surface area contributed by atoms with Gasteiger partial charge in [-0.2, -0.15) is 0 Å². The van der Waals surface area contributed by atoms with E-state index in [9.17, 15) is 9.59 Å². The van der Waals surface area contributed by atoms with Crippen LogP contribution in [-0.2, 0) is 4.74 Å². The van der Waals surface area contributed by atoms with Gasteiger partial charge < -0.3 is 9.84 Å². The predicted molar refractivity (Wildman–Crippen MR) is 69.1 cm³/mol. The number of esters is 1. The summed E-state index contributed by atoms with van der Waals surface area (Å²) in [4.78, 5) is 23.8. The van der Waals surface area contributed by atoms with Crippen molar-refractivity contribution < 1.29 is 19.4 Å². The van der Waals surface area contributed by atoms with Crippen molar-refractivity contribution in [2.75, 3.05) is 6.61 Å². The zero-order valence-corrected chi connectivity index (χ0v) is 10.9. The Morgan fingerprint density at radius 3 is 2.83 bits per heavy atom. The maximum atomic E-state index is 11.9. The predicted octanol–water partition coefficient (Wildman–Crippen LogP) is 3.19. The molecule has 1 aliphatic carbocycles. The van der Waals surface area contributed by atoms with Gasteiger partial charge >= 0.3 is 11.9 Å². The molecule has 96 valence electrons. The van der Waals surface area contributed by atoms with Crippen molar-refractivity contribution in [2.45, 2.75) is 26.2 Å². The Kier molecular flexibility index (Phi) is 3.81. The first-order valence-corrected chi connectivity index (χ1v) is 6.74. The normalized spacial score (nSPS) is 14.4. The van der Waals surface area contributed by atoms with Crippen LogP contribution in [0.25, 0.3) is 5.57 Å². The molecule has 1 aromatic heterocycles. The van der Waals surface area contributed by atoms with Gasteiger partial charge in [0, 0.05) is 10.3 Å². The smallest absolute Gasteiger partial charge is 0.340 e.